The van der Waals surface area contributed by atoms with Gasteiger partial charge in [-0.05, 0) is 54.4 Å². The Balaban J connectivity index is 0.000000145. The van der Waals surface area contributed by atoms with Crippen LogP contribution in [-0.4, -0.2) is 37.9 Å². The van der Waals surface area contributed by atoms with Crippen molar-refractivity contribution in [2.45, 2.75) is 24.5 Å². The Labute approximate surface area is 249 Å². The topological polar surface area (TPSA) is 143 Å². The number of nitrogens with two attached hydrogens (primary N) is 3. The molecule has 42 heavy (non-hydrogen) atoms. The summed E-state index contributed by atoms with van der Waals surface area (Å²) in [7, 11) is 0. The average Bonchev–Trinajstić information content (AvgIpc) is 3.64. The van der Waals surface area contributed by atoms with E-state index < -0.39 is 23.2 Å². The third kappa shape index (κ3) is 7.98. The molecule has 0 fully saturated rings. The van der Waals surface area contributed by atoms with E-state index in [2.05, 4.69) is 15.0 Å². The fourth-order valence-corrected chi connectivity index (χ4v) is 4.79. The first-order valence-electron chi connectivity index (χ1n) is 12.5. The van der Waals surface area contributed by atoms with Crippen molar-refractivity contribution in [3.8, 4) is 0 Å². The fraction of sp³-hybridized carbons (Fsp3) is 0.250. The minimum absolute atomic E-state index is 0.0552. The van der Waals surface area contributed by atoms with E-state index in [-0.39, 0.29) is 36.5 Å². The maximum atomic E-state index is 13.0. The van der Waals surface area contributed by atoms with Gasteiger partial charge in [0.2, 0.25) is 0 Å². The minimum Gasteiger partial charge on any atom is -0.463 e. The van der Waals surface area contributed by atoms with Crippen molar-refractivity contribution < 1.29 is 27.4 Å². The quantitative estimate of drug-likeness (QED) is 0.370. The molecule has 0 unspecified atom stereocenters. The summed E-state index contributed by atoms with van der Waals surface area (Å²) in [5, 5.41) is 1.04. The van der Waals surface area contributed by atoms with Crippen LogP contribution in [0.15, 0.2) is 75.6 Å². The summed E-state index contributed by atoms with van der Waals surface area (Å²) in [5.41, 5.74) is 17.7. The van der Waals surface area contributed by atoms with E-state index in [0.29, 0.717) is 34.4 Å². The van der Waals surface area contributed by atoms with Crippen molar-refractivity contribution in [1.29, 1.82) is 0 Å². The lowest BCUT2D eigenvalue weighted by Gasteiger charge is -2.19. The van der Waals surface area contributed by atoms with Gasteiger partial charge >= 0.3 is 0 Å². The molecule has 3 aliphatic rings. The number of hydrogen-bond donors (Lipinski definition) is 3. The summed E-state index contributed by atoms with van der Waals surface area (Å²) in [6, 6.07) is 14.9. The Hall–Kier alpha value is -4.16. The first kappa shape index (κ1) is 30.8. The molecule has 0 amide bonds. The molecule has 6 rings (SSSR count). The second-order valence-corrected chi connectivity index (χ2v) is 10.3. The van der Waals surface area contributed by atoms with Crippen molar-refractivity contribution in [2.24, 2.45) is 32.2 Å². The van der Waals surface area contributed by atoms with Gasteiger partial charge in [0.15, 0.2) is 0 Å². The number of halogens is 5. The lowest BCUT2D eigenvalue weighted by molar-refractivity contribution is 0.266. The van der Waals surface area contributed by atoms with E-state index in [0.717, 1.165) is 11.6 Å². The van der Waals surface area contributed by atoms with E-state index in [9.17, 15) is 13.2 Å². The Morgan fingerprint density at radius 1 is 0.738 bits per heavy atom. The Morgan fingerprint density at radius 3 is 1.71 bits per heavy atom. The van der Waals surface area contributed by atoms with Crippen LogP contribution in [0, 0.1) is 17.5 Å². The summed E-state index contributed by atoms with van der Waals surface area (Å²) in [6.45, 7) is 2.97. The Morgan fingerprint density at radius 2 is 1.26 bits per heavy atom. The van der Waals surface area contributed by atoms with Gasteiger partial charge < -0.3 is 31.4 Å². The molecule has 0 saturated carbocycles. The number of ether oxygens (including phenoxy) is 3. The SMILES string of the molecule is C[C@]1(c2ccccc2Cl)COC(N)=N1.NC1=N[C@@H](c2cc(F)cc(Cl)c2)CO1.NC1=N[C@@H](c2cc(F)cc(F)c2)CO1. The number of rotatable bonds is 3. The molecular weight excluding hydrogens is 596 g/mol. The standard InChI is InChI=1S/C10H11ClN2O.C9H8ClFN2O.C9H8F2N2O/c1-10(6-14-9(12)13-10)7-4-2-3-5-8(7)11;2*10-6-1-5(2-7(11)3-6)8-4-14-9(12)13-8/h2-5H,6H2,1H3,(H2,12,13);2*1-3,8H,4H2,(H2,12,13)/t10-;2*8-/m111/s1. The van der Waals surface area contributed by atoms with Gasteiger partial charge in [0.05, 0.1) is 0 Å². The Bertz CT molecular complexity index is 1420. The zero-order chi connectivity index (χ0) is 30.4. The highest BCUT2D eigenvalue weighted by Gasteiger charge is 2.34. The predicted molar refractivity (Wildman–Crippen MR) is 155 cm³/mol. The molecule has 0 bridgehead atoms. The van der Waals surface area contributed by atoms with E-state index in [4.69, 9.17) is 54.6 Å². The fourth-order valence-electron chi connectivity index (χ4n) is 4.22. The maximum absolute atomic E-state index is 13.0. The van der Waals surface area contributed by atoms with Gasteiger partial charge in [-0.2, -0.15) is 0 Å². The average molecular weight is 623 g/mol. The number of amidine groups is 3. The zero-order valence-electron chi connectivity index (χ0n) is 22.2. The molecule has 3 atom stereocenters. The molecule has 222 valence electrons. The second kappa shape index (κ2) is 13.2. The third-order valence-corrected chi connectivity index (χ3v) is 6.74. The van der Waals surface area contributed by atoms with Gasteiger partial charge in [-0.1, -0.05) is 41.4 Å². The molecule has 9 nitrogen and oxygen atoms in total. The molecule has 3 heterocycles. The zero-order valence-corrected chi connectivity index (χ0v) is 23.7. The number of benzene rings is 3. The smallest absolute Gasteiger partial charge is 0.283 e. The second-order valence-electron chi connectivity index (χ2n) is 9.49. The summed E-state index contributed by atoms with van der Waals surface area (Å²) in [6.07, 6.45) is 0. The molecule has 3 aromatic rings. The van der Waals surface area contributed by atoms with E-state index in [1.165, 1.54) is 24.3 Å². The number of hydrogen-bond acceptors (Lipinski definition) is 9. The van der Waals surface area contributed by atoms with Gasteiger partial charge in [-0.15, -0.1) is 0 Å². The number of nitrogens with zero attached hydrogens (tertiary/aromatic N) is 3. The first-order valence-corrected chi connectivity index (χ1v) is 13.2. The molecule has 0 saturated heterocycles. The van der Waals surface area contributed by atoms with Gasteiger partial charge in [0.1, 0.15) is 54.9 Å². The highest BCUT2D eigenvalue weighted by molar-refractivity contribution is 6.31. The third-order valence-electron chi connectivity index (χ3n) is 6.20. The molecule has 3 aromatic carbocycles. The highest BCUT2D eigenvalue weighted by atomic mass is 35.5. The summed E-state index contributed by atoms with van der Waals surface area (Å²) >= 11 is 11.8. The molecule has 3 aliphatic heterocycles. The van der Waals surface area contributed by atoms with Crippen molar-refractivity contribution in [2.75, 3.05) is 19.8 Å². The molecule has 0 spiro atoms. The predicted octanol–water partition coefficient (Wildman–Crippen LogP) is 5.12. The Kier molecular flexibility index (Phi) is 9.69. The molecule has 14 heteroatoms. The van der Waals surface area contributed by atoms with Gasteiger partial charge in [-0.3, -0.25) is 0 Å². The normalized spacial score (nSPS) is 22.2. The molecule has 6 N–H and O–H groups in total. The summed E-state index contributed by atoms with van der Waals surface area (Å²) in [4.78, 5) is 12.1. The van der Waals surface area contributed by atoms with Crippen molar-refractivity contribution in [3.05, 3.63) is 105 Å². The minimum atomic E-state index is -0.624. The van der Waals surface area contributed by atoms with Crippen LogP contribution in [0.3, 0.4) is 0 Å². The van der Waals surface area contributed by atoms with Crippen LogP contribution in [0.4, 0.5) is 13.2 Å². The van der Waals surface area contributed by atoms with Crippen LogP contribution in [-0.2, 0) is 19.7 Å². The van der Waals surface area contributed by atoms with Crippen LogP contribution in [0.25, 0.3) is 0 Å². The van der Waals surface area contributed by atoms with E-state index in [1.54, 1.807) is 6.07 Å². The van der Waals surface area contributed by atoms with Crippen LogP contribution in [0.2, 0.25) is 10.0 Å². The highest BCUT2D eigenvalue weighted by Crippen LogP contribution is 2.34. The number of aliphatic imine (C=N–C) groups is 3. The summed E-state index contributed by atoms with van der Waals surface area (Å²) in [5.74, 6) is -1.63. The lowest BCUT2D eigenvalue weighted by Crippen LogP contribution is -2.21. The molecule has 0 aliphatic carbocycles. The molecular formula is C28H27Cl2F3N6O3. The lowest BCUT2D eigenvalue weighted by atomic mass is 9.94. The summed E-state index contributed by atoms with van der Waals surface area (Å²) < 4.78 is 53.6. The molecule has 0 radical (unpaired) electrons. The van der Waals surface area contributed by atoms with Crippen molar-refractivity contribution in [1.82, 2.24) is 0 Å². The van der Waals surface area contributed by atoms with E-state index in [1.807, 2.05) is 31.2 Å². The van der Waals surface area contributed by atoms with Crippen LogP contribution in [0.5, 0.6) is 0 Å². The van der Waals surface area contributed by atoms with Gasteiger partial charge in [-0.25, -0.2) is 28.1 Å². The van der Waals surface area contributed by atoms with Crippen molar-refractivity contribution >= 4 is 41.3 Å². The van der Waals surface area contributed by atoms with Crippen LogP contribution >= 0.6 is 23.2 Å². The first-order chi connectivity index (χ1) is 19.9. The van der Waals surface area contributed by atoms with Gasteiger partial charge in [0.25, 0.3) is 18.1 Å². The van der Waals surface area contributed by atoms with Crippen LogP contribution in [0.1, 0.15) is 35.7 Å². The van der Waals surface area contributed by atoms with Crippen LogP contribution < -0.4 is 17.2 Å². The van der Waals surface area contributed by atoms with Gasteiger partial charge in [0, 0.05) is 21.7 Å². The largest absolute Gasteiger partial charge is 0.463 e. The van der Waals surface area contributed by atoms with Crippen molar-refractivity contribution in [3.63, 3.8) is 0 Å². The monoisotopic (exact) mass is 622 g/mol. The van der Waals surface area contributed by atoms with E-state index >= 15 is 0 Å². The molecule has 0 aromatic heterocycles. The maximum Gasteiger partial charge on any atom is 0.283 e.